The van der Waals surface area contributed by atoms with Crippen molar-refractivity contribution in [2.24, 2.45) is 11.3 Å². The Balaban J connectivity index is 1.22. The molecule has 1 aromatic carbocycles. The molecule has 0 saturated heterocycles. The Morgan fingerprint density at radius 1 is 1.25 bits per heavy atom. The van der Waals surface area contributed by atoms with E-state index in [-0.39, 0.29) is 6.03 Å². The summed E-state index contributed by atoms with van der Waals surface area (Å²) in [7, 11) is 1.74. The minimum absolute atomic E-state index is 0.00739. The Morgan fingerprint density at radius 3 is 2.88 bits per heavy atom. The number of carbonyl (C=O) groups excluding carboxylic acids is 1. The van der Waals surface area contributed by atoms with Gasteiger partial charge in [-0.25, -0.2) is 4.79 Å². The zero-order valence-corrected chi connectivity index (χ0v) is 14.6. The first-order valence-electron chi connectivity index (χ1n) is 9.27. The van der Waals surface area contributed by atoms with Gasteiger partial charge in [0.05, 0.1) is 0 Å². The smallest absolute Gasteiger partial charge is 0.314 e. The second-order valence-electron chi connectivity index (χ2n) is 8.02. The average Bonchev–Trinajstić information content (AvgIpc) is 3.49. The van der Waals surface area contributed by atoms with Gasteiger partial charge in [-0.15, -0.1) is 0 Å². The molecule has 2 fully saturated rings. The van der Waals surface area contributed by atoms with Crippen molar-refractivity contribution in [2.45, 2.75) is 43.9 Å². The number of rotatable bonds is 7. The molecular formula is C20H28N2O2. The summed E-state index contributed by atoms with van der Waals surface area (Å²) < 4.78 is 5.17. The van der Waals surface area contributed by atoms with Crippen LogP contribution in [0.1, 0.15) is 43.2 Å². The van der Waals surface area contributed by atoms with Gasteiger partial charge in [0, 0.05) is 32.2 Å². The number of hydrogen-bond donors (Lipinski definition) is 2. The lowest BCUT2D eigenvalue weighted by Gasteiger charge is -2.16. The van der Waals surface area contributed by atoms with E-state index in [9.17, 15) is 4.79 Å². The summed E-state index contributed by atoms with van der Waals surface area (Å²) in [5.41, 5.74) is 3.71. The van der Waals surface area contributed by atoms with Crippen molar-refractivity contribution in [3.63, 3.8) is 0 Å². The predicted molar refractivity (Wildman–Crippen MR) is 94.1 cm³/mol. The van der Waals surface area contributed by atoms with Crippen molar-refractivity contribution in [1.82, 2.24) is 10.6 Å². The number of hydrogen-bond acceptors (Lipinski definition) is 2. The standard InChI is InChI=1S/C20H28N2O2/c1-24-11-10-19(8-9-19)14-22-18(23)21-13-16-12-20(16)7-6-15-4-2-3-5-17(15)20/h2-5,16H,6-14H2,1H3,(H2,21,22,23)/t16-,20+/m0/s1. The molecule has 0 radical (unpaired) electrons. The van der Waals surface area contributed by atoms with Gasteiger partial charge in [-0.1, -0.05) is 24.3 Å². The number of aryl methyl sites for hydroxylation is 1. The average molecular weight is 328 g/mol. The molecule has 0 aliphatic heterocycles. The molecule has 1 aromatic rings. The van der Waals surface area contributed by atoms with Crippen LogP contribution in [0, 0.1) is 11.3 Å². The summed E-state index contributed by atoms with van der Waals surface area (Å²) in [5, 5.41) is 6.17. The van der Waals surface area contributed by atoms with Crippen molar-refractivity contribution in [1.29, 1.82) is 0 Å². The molecule has 2 amide bonds. The van der Waals surface area contributed by atoms with Gasteiger partial charge in [0.1, 0.15) is 0 Å². The monoisotopic (exact) mass is 328 g/mol. The highest BCUT2D eigenvalue weighted by Gasteiger charge is 2.57. The van der Waals surface area contributed by atoms with Crippen LogP contribution >= 0.6 is 0 Å². The highest BCUT2D eigenvalue weighted by atomic mass is 16.5. The summed E-state index contributed by atoms with van der Waals surface area (Å²) in [4.78, 5) is 12.1. The van der Waals surface area contributed by atoms with Gasteiger partial charge < -0.3 is 15.4 Å². The van der Waals surface area contributed by atoms with Gasteiger partial charge in [0.15, 0.2) is 0 Å². The van der Waals surface area contributed by atoms with E-state index in [0.717, 1.165) is 26.1 Å². The van der Waals surface area contributed by atoms with E-state index >= 15 is 0 Å². The van der Waals surface area contributed by atoms with E-state index in [1.807, 2.05) is 0 Å². The first-order chi connectivity index (χ1) is 11.7. The second kappa shape index (κ2) is 6.07. The largest absolute Gasteiger partial charge is 0.385 e. The number of amides is 2. The topological polar surface area (TPSA) is 50.4 Å². The van der Waals surface area contributed by atoms with Crippen molar-refractivity contribution in [3.05, 3.63) is 35.4 Å². The Morgan fingerprint density at radius 2 is 2.08 bits per heavy atom. The van der Waals surface area contributed by atoms with E-state index in [4.69, 9.17) is 4.74 Å². The molecule has 0 unspecified atom stereocenters. The molecule has 2 N–H and O–H groups in total. The lowest BCUT2D eigenvalue weighted by atomic mass is 9.95. The number of ether oxygens (including phenoxy) is 1. The summed E-state index contributed by atoms with van der Waals surface area (Å²) in [6.45, 7) is 2.36. The van der Waals surface area contributed by atoms with Gasteiger partial charge in [-0.2, -0.15) is 0 Å². The molecule has 4 heteroatoms. The van der Waals surface area contributed by atoms with Gasteiger partial charge in [0.25, 0.3) is 0 Å². The summed E-state index contributed by atoms with van der Waals surface area (Å²) >= 11 is 0. The zero-order chi connectivity index (χ0) is 16.6. The molecule has 4 nitrogen and oxygen atoms in total. The molecular weight excluding hydrogens is 300 g/mol. The third-order valence-corrected chi connectivity index (χ3v) is 6.55. The highest BCUT2D eigenvalue weighted by molar-refractivity contribution is 5.74. The fourth-order valence-corrected chi connectivity index (χ4v) is 4.56. The highest BCUT2D eigenvalue weighted by Crippen LogP contribution is 2.61. The minimum Gasteiger partial charge on any atom is -0.385 e. The fraction of sp³-hybridized carbons (Fsp3) is 0.650. The Kier molecular flexibility index (Phi) is 4.03. The van der Waals surface area contributed by atoms with Crippen molar-refractivity contribution < 1.29 is 9.53 Å². The first-order valence-corrected chi connectivity index (χ1v) is 9.27. The number of nitrogens with one attached hydrogen (secondary N) is 2. The molecule has 0 bridgehead atoms. The van der Waals surface area contributed by atoms with Gasteiger partial charge in [0.2, 0.25) is 0 Å². The number of carbonyl (C=O) groups is 1. The number of methoxy groups -OCH3 is 1. The van der Waals surface area contributed by atoms with Crippen LogP contribution in [0.2, 0.25) is 0 Å². The molecule has 24 heavy (non-hydrogen) atoms. The molecule has 3 aliphatic carbocycles. The Hall–Kier alpha value is -1.55. The van der Waals surface area contributed by atoms with Crippen molar-refractivity contribution in [3.8, 4) is 0 Å². The third kappa shape index (κ3) is 2.92. The maximum absolute atomic E-state index is 12.1. The maximum atomic E-state index is 12.1. The maximum Gasteiger partial charge on any atom is 0.314 e. The predicted octanol–water partition coefficient (Wildman–Crippen LogP) is 3.01. The van der Waals surface area contributed by atoms with Crippen molar-refractivity contribution in [2.75, 3.05) is 26.8 Å². The van der Waals surface area contributed by atoms with E-state index in [2.05, 4.69) is 34.9 Å². The van der Waals surface area contributed by atoms with Crippen molar-refractivity contribution >= 4 is 6.03 Å². The van der Waals surface area contributed by atoms with E-state index < -0.39 is 0 Å². The lowest BCUT2D eigenvalue weighted by molar-refractivity contribution is 0.171. The molecule has 0 heterocycles. The molecule has 130 valence electrons. The lowest BCUT2D eigenvalue weighted by Crippen LogP contribution is -2.40. The molecule has 4 rings (SSSR count). The van der Waals surface area contributed by atoms with Crippen LogP contribution in [0.3, 0.4) is 0 Å². The van der Waals surface area contributed by atoms with Crippen LogP contribution in [-0.2, 0) is 16.6 Å². The van der Waals surface area contributed by atoms with Gasteiger partial charge in [-0.3, -0.25) is 0 Å². The molecule has 1 spiro atoms. The SMILES string of the molecule is COCCC1(CNC(=O)NC[C@@H]2C[C@]23CCc2ccccc23)CC1. The Labute approximate surface area is 144 Å². The minimum atomic E-state index is -0.00739. The van der Waals surface area contributed by atoms with Gasteiger partial charge >= 0.3 is 6.03 Å². The summed E-state index contributed by atoms with van der Waals surface area (Å²) in [5.74, 6) is 0.607. The van der Waals surface area contributed by atoms with E-state index in [0.29, 0.717) is 16.7 Å². The van der Waals surface area contributed by atoms with Crippen LogP contribution in [0.4, 0.5) is 4.79 Å². The molecule has 2 saturated carbocycles. The van der Waals surface area contributed by atoms with Crippen LogP contribution in [0.15, 0.2) is 24.3 Å². The summed E-state index contributed by atoms with van der Waals surface area (Å²) in [6.07, 6.45) is 7.13. The zero-order valence-electron chi connectivity index (χ0n) is 14.6. The normalized spacial score (nSPS) is 28.5. The number of urea groups is 1. The second-order valence-corrected chi connectivity index (χ2v) is 8.02. The van der Waals surface area contributed by atoms with Gasteiger partial charge in [-0.05, 0) is 61.0 Å². The Bertz CT molecular complexity index is 626. The van der Waals surface area contributed by atoms with E-state index in [1.165, 1.54) is 43.2 Å². The first kappa shape index (κ1) is 15.9. The van der Waals surface area contributed by atoms with Crippen LogP contribution in [0.25, 0.3) is 0 Å². The summed E-state index contributed by atoms with van der Waals surface area (Å²) in [6, 6.07) is 8.82. The number of benzene rings is 1. The molecule has 3 aliphatic rings. The molecule has 0 aromatic heterocycles. The molecule has 2 atom stereocenters. The van der Waals surface area contributed by atoms with Crippen LogP contribution in [0.5, 0.6) is 0 Å². The van der Waals surface area contributed by atoms with Crippen LogP contribution < -0.4 is 10.6 Å². The number of fused-ring (bicyclic) bond motifs is 2. The third-order valence-electron chi connectivity index (χ3n) is 6.55. The fourth-order valence-electron chi connectivity index (χ4n) is 4.56. The van der Waals surface area contributed by atoms with E-state index in [1.54, 1.807) is 7.11 Å². The van der Waals surface area contributed by atoms with Crippen LogP contribution in [-0.4, -0.2) is 32.8 Å². The quantitative estimate of drug-likeness (QED) is 0.808.